The van der Waals surface area contributed by atoms with Crippen LogP contribution in [0.2, 0.25) is 0 Å². The molecule has 0 unspecified atom stereocenters. The molecule has 2 aliphatic rings. The van der Waals surface area contributed by atoms with Crippen molar-refractivity contribution in [3.05, 3.63) is 70.5 Å². The molecule has 1 amide bonds. The zero-order valence-corrected chi connectivity index (χ0v) is 20.7. The molecule has 1 heterocycles. The molecule has 3 aromatic rings. The molecule has 1 aromatic heterocycles. The van der Waals surface area contributed by atoms with E-state index in [-0.39, 0.29) is 33.8 Å². The molecule has 0 saturated heterocycles. The highest BCUT2D eigenvalue weighted by atomic mass is 32.2. The molecule has 2 bridgehead atoms. The number of carbonyl (C=O) groups is 1. The van der Waals surface area contributed by atoms with Crippen molar-refractivity contribution in [3.8, 4) is 0 Å². The third-order valence-corrected chi connectivity index (χ3v) is 9.16. The Labute approximate surface area is 199 Å². The van der Waals surface area contributed by atoms with E-state index in [1.807, 2.05) is 41.8 Å². The van der Waals surface area contributed by atoms with Crippen LogP contribution in [-0.4, -0.2) is 16.5 Å². The zero-order chi connectivity index (χ0) is 23.4. The molecular formula is C28H32N2O2S. The molecule has 33 heavy (non-hydrogen) atoms. The van der Waals surface area contributed by atoms with Crippen LogP contribution in [0.1, 0.15) is 57.3 Å². The third kappa shape index (κ3) is 3.71. The highest BCUT2D eigenvalue weighted by Gasteiger charge is 2.59. The van der Waals surface area contributed by atoms with Gasteiger partial charge in [0.1, 0.15) is 5.56 Å². The van der Waals surface area contributed by atoms with Crippen molar-refractivity contribution in [2.75, 3.05) is 0 Å². The average molecular weight is 461 g/mol. The fourth-order valence-corrected chi connectivity index (χ4v) is 7.22. The summed E-state index contributed by atoms with van der Waals surface area (Å²) >= 11 is 1.67. The van der Waals surface area contributed by atoms with E-state index in [0.717, 1.165) is 28.1 Å². The van der Waals surface area contributed by atoms with Gasteiger partial charge in [-0.15, -0.1) is 0 Å². The second-order valence-electron chi connectivity index (χ2n) is 10.6. The number of rotatable bonds is 5. The van der Waals surface area contributed by atoms with Crippen molar-refractivity contribution in [1.82, 2.24) is 9.88 Å². The molecule has 0 radical (unpaired) electrons. The number of benzene rings is 2. The van der Waals surface area contributed by atoms with Crippen LogP contribution in [-0.2, 0) is 6.54 Å². The molecule has 2 aliphatic carbocycles. The van der Waals surface area contributed by atoms with Gasteiger partial charge in [-0.1, -0.05) is 50.7 Å². The highest BCUT2D eigenvalue weighted by Crippen LogP contribution is 2.62. The normalized spacial score (nSPS) is 25.5. The lowest BCUT2D eigenvalue weighted by Gasteiger charge is -2.43. The largest absolute Gasteiger partial charge is 0.348 e. The molecule has 5 heteroatoms. The first-order valence-electron chi connectivity index (χ1n) is 11.9. The molecule has 2 fully saturated rings. The maximum Gasteiger partial charge on any atom is 0.257 e. The minimum absolute atomic E-state index is 0.0485. The number of hydrogen-bond donors (Lipinski definition) is 1. The monoisotopic (exact) mass is 460 g/mol. The van der Waals surface area contributed by atoms with Gasteiger partial charge in [0.15, 0.2) is 0 Å². The predicted octanol–water partition coefficient (Wildman–Crippen LogP) is 6.12. The van der Waals surface area contributed by atoms with E-state index >= 15 is 0 Å². The number of fused-ring (bicyclic) bond motifs is 3. The van der Waals surface area contributed by atoms with E-state index in [0.29, 0.717) is 17.8 Å². The number of hydrogen-bond acceptors (Lipinski definition) is 3. The van der Waals surface area contributed by atoms with Crippen molar-refractivity contribution in [3.63, 3.8) is 0 Å². The van der Waals surface area contributed by atoms with Gasteiger partial charge >= 0.3 is 0 Å². The fraction of sp³-hybridized carbons (Fsp3) is 0.429. The first-order valence-corrected chi connectivity index (χ1v) is 12.8. The summed E-state index contributed by atoms with van der Waals surface area (Å²) in [4.78, 5) is 29.0. The van der Waals surface area contributed by atoms with Crippen molar-refractivity contribution >= 4 is 28.6 Å². The summed E-state index contributed by atoms with van der Waals surface area (Å²) in [6, 6.07) is 16.2. The van der Waals surface area contributed by atoms with Crippen molar-refractivity contribution in [1.29, 1.82) is 0 Å². The summed E-state index contributed by atoms with van der Waals surface area (Å²) in [5, 5.41) is 3.90. The number of aryl methyl sites for hydroxylation is 1. The molecule has 2 saturated carbocycles. The van der Waals surface area contributed by atoms with Crippen LogP contribution in [0.4, 0.5) is 0 Å². The van der Waals surface area contributed by atoms with Crippen LogP contribution >= 0.6 is 11.8 Å². The Hall–Kier alpha value is -2.53. The van der Waals surface area contributed by atoms with E-state index in [1.165, 1.54) is 6.42 Å². The lowest BCUT2D eigenvalue weighted by Crippen LogP contribution is -2.53. The van der Waals surface area contributed by atoms with Gasteiger partial charge in [-0.2, -0.15) is 0 Å². The molecule has 0 spiro atoms. The van der Waals surface area contributed by atoms with Crippen LogP contribution in [0.3, 0.4) is 0 Å². The van der Waals surface area contributed by atoms with Crippen molar-refractivity contribution < 1.29 is 4.79 Å². The van der Waals surface area contributed by atoms with Crippen LogP contribution in [0.15, 0.2) is 69.3 Å². The third-order valence-electron chi connectivity index (χ3n) is 8.16. The van der Waals surface area contributed by atoms with E-state index < -0.39 is 0 Å². The molecule has 1 N–H and O–H groups in total. The molecule has 3 atom stereocenters. The summed E-state index contributed by atoms with van der Waals surface area (Å²) in [6.45, 7) is 9.56. The predicted molar refractivity (Wildman–Crippen MR) is 135 cm³/mol. The number of aromatic nitrogens is 1. The van der Waals surface area contributed by atoms with E-state index in [4.69, 9.17) is 0 Å². The van der Waals surface area contributed by atoms with Crippen LogP contribution < -0.4 is 10.7 Å². The van der Waals surface area contributed by atoms with Gasteiger partial charge in [-0.3, -0.25) is 9.59 Å². The standard InChI is InChI=1S/C28H32N2O2S/c1-5-30-17-22(25(32)29-26-27(2,3)18-13-14-28(26,4)16-18)24(31)21-12-11-20(15-23(21)30)33-19-9-7-6-8-10-19/h6-12,15,17-18,26H,5,13-14,16H2,1-4H3,(H,29,32)/t18-,26+,28+/m0/s1. The minimum Gasteiger partial charge on any atom is -0.348 e. The first kappa shape index (κ1) is 22.3. The van der Waals surface area contributed by atoms with Gasteiger partial charge in [0.25, 0.3) is 5.91 Å². The van der Waals surface area contributed by atoms with Gasteiger partial charge in [0.2, 0.25) is 5.43 Å². The Morgan fingerprint density at radius 2 is 1.88 bits per heavy atom. The van der Waals surface area contributed by atoms with Gasteiger partial charge in [-0.25, -0.2) is 0 Å². The zero-order valence-electron chi connectivity index (χ0n) is 19.9. The molecule has 0 aliphatic heterocycles. The number of nitrogens with one attached hydrogen (secondary N) is 1. The van der Waals surface area contributed by atoms with Crippen LogP contribution in [0.5, 0.6) is 0 Å². The Morgan fingerprint density at radius 1 is 1.12 bits per heavy atom. The molecule has 2 aromatic carbocycles. The second kappa shape index (κ2) is 8.05. The minimum atomic E-state index is -0.237. The lowest BCUT2D eigenvalue weighted by molar-refractivity contribution is 0.0736. The van der Waals surface area contributed by atoms with Crippen molar-refractivity contribution in [2.24, 2.45) is 16.7 Å². The van der Waals surface area contributed by atoms with Gasteiger partial charge in [0.05, 0.1) is 5.52 Å². The Balaban J connectivity index is 1.49. The Bertz CT molecular complexity index is 1280. The summed E-state index contributed by atoms with van der Waals surface area (Å²) in [6.07, 6.45) is 5.28. The number of amides is 1. The quantitative estimate of drug-likeness (QED) is 0.499. The maximum atomic E-state index is 13.4. The smallest absolute Gasteiger partial charge is 0.257 e. The lowest BCUT2D eigenvalue weighted by atomic mass is 9.68. The molecule has 5 rings (SSSR count). The SMILES string of the molecule is CCn1cc(C(=O)N[C@@H]2C(C)(C)[C@H]3CC[C@]2(C)C3)c(=O)c2ccc(Sc3ccccc3)cc21. The summed E-state index contributed by atoms with van der Waals surface area (Å²) in [7, 11) is 0. The van der Waals surface area contributed by atoms with E-state index in [1.54, 1.807) is 18.0 Å². The average Bonchev–Trinajstić information content (AvgIpc) is 3.28. The molecule has 4 nitrogen and oxygen atoms in total. The Morgan fingerprint density at radius 3 is 2.55 bits per heavy atom. The fourth-order valence-electron chi connectivity index (χ4n) is 6.35. The Kier molecular flexibility index (Phi) is 5.43. The highest BCUT2D eigenvalue weighted by molar-refractivity contribution is 7.99. The van der Waals surface area contributed by atoms with Crippen LogP contribution in [0.25, 0.3) is 10.9 Å². The van der Waals surface area contributed by atoms with Crippen LogP contribution in [0, 0.1) is 16.7 Å². The summed E-state index contributed by atoms with van der Waals surface area (Å²) in [5.41, 5.74) is 1.10. The van der Waals surface area contributed by atoms with Gasteiger partial charge in [-0.05, 0) is 73.3 Å². The van der Waals surface area contributed by atoms with Gasteiger partial charge in [0, 0.05) is 34.0 Å². The topological polar surface area (TPSA) is 51.1 Å². The summed E-state index contributed by atoms with van der Waals surface area (Å²) in [5.74, 6) is 0.399. The second-order valence-corrected chi connectivity index (χ2v) is 11.7. The number of carbonyl (C=O) groups excluding carboxylic acids is 1. The number of pyridine rings is 1. The first-order chi connectivity index (χ1) is 15.7. The summed E-state index contributed by atoms with van der Waals surface area (Å²) < 4.78 is 2.02. The molecular weight excluding hydrogens is 428 g/mol. The number of nitrogens with zero attached hydrogens (tertiary/aromatic N) is 1. The van der Waals surface area contributed by atoms with E-state index in [9.17, 15) is 9.59 Å². The van der Waals surface area contributed by atoms with E-state index in [2.05, 4.69) is 44.3 Å². The van der Waals surface area contributed by atoms with Crippen molar-refractivity contribution in [2.45, 2.75) is 69.3 Å². The molecule has 172 valence electrons. The van der Waals surface area contributed by atoms with Gasteiger partial charge < -0.3 is 9.88 Å². The maximum absolute atomic E-state index is 13.4.